The molecule has 0 aliphatic heterocycles. The van der Waals surface area contributed by atoms with Gasteiger partial charge in [-0.2, -0.15) is 4.52 Å². The van der Waals surface area contributed by atoms with Gasteiger partial charge in [0.1, 0.15) is 4.83 Å². The van der Waals surface area contributed by atoms with Crippen molar-refractivity contribution < 1.29 is 5.11 Å². The van der Waals surface area contributed by atoms with Crippen LogP contribution in [0.5, 0.6) is 0 Å². The van der Waals surface area contributed by atoms with E-state index in [1.807, 2.05) is 60.0 Å². The first-order valence-electron chi connectivity index (χ1n) is 8.91. The molecule has 6 nitrogen and oxygen atoms in total. The van der Waals surface area contributed by atoms with E-state index in [1.54, 1.807) is 0 Å². The fourth-order valence-electron chi connectivity index (χ4n) is 3.42. The van der Waals surface area contributed by atoms with Gasteiger partial charge >= 0.3 is 0 Å². The first-order valence-corrected chi connectivity index (χ1v) is 9.79. The largest absolute Gasteiger partial charge is 0.395 e. The summed E-state index contributed by atoms with van der Waals surface area (Å²) in [6.07, 6.45) is 0. The highest BCUT2D eigenvalue weighted by Crippen LogP contribution is 2.32. The highest BCUT2D eigenvalue weighted by Gasteiger charge is 2.17. The molecule has 0 aliphatic carbocycles. The predicted octanol–water partition coefficient (Wildman–Crippen LogP) is 3.53. The maximum Gasteiger partial charge on any atom is 0.283 e. The maximum atomic E-state index is 13.4. The Morgan fingerprint density at radius 1 is 1.04 bits per heavy atom. The minimum absolute atomic E-state index is 0.0249. The van der Waals surface area contributed by atoms with Crippen LogP contribution in [-0.4, -0.2) is 32.9 Å². The maximum absolute atomic E-state index is 13.4. The summed E-state index contributed by atoms with van der Waals surface area (Å²) >= 11 is 1.46. The Morgan fingerprint density at radius 3 is 2.57 bits per heavy atom. The highest BCUT2D eigenvalue weighted by molar-refractivity contribution is 7.17. The Bertz CT molecular complexity index is 1380. The molecule has 2 aromatic carbocycles. The van der Waals surface area contributed by atoms with Crippen LogP contribution in [0.3, 0.4) is 0 Å². The number of aromatic nitrogens is 3. The molecular weight excluding hydrogens is 372 g/mol. The van der Waals surface area contributed by atoms with E-state index < -0.39 is 0 Å². The first kappa shape index (κ1) is 16.9. The van der Waals surface area contributed by atoms with Crippen molar-refractivity contribution in [1.29, 1.82) is 0 Å². The smallest absolute Gasteiger partial charge is 0.283 e. The minimum Gasteiger partial charge on any atom is -0.395 e. The summed E-state index contributed by atoms with van der Waals surface area (Å²) in [5.74, 6) is 0.553. The summed E-state index contributed by atoms with van der Waals surface area (Å²) in [7, 11) is 0. The average molecular weight is 388 g/mol. The van der Waals surface area contributed by atoms with Gasteiger partial charge < -0.3 is 10.4 Å². The Kier molecular flexibility index (Phi) is 4.03. The molecule has 0 spiro atoms. The Labute approximate surface area is 163 Å². The van der Waals surface area contributed by atoms with E-state index in [9.17, 15) is 9.90 Å². The van der Waals surface area contributed by atoms with Gasteiger partial charge in [-0.05, 0) is 5.56 Å². The molecule has 0 unspecified atom stereocenters. The van der Waals surface area contributed by atoms with Gasteiger partial charge in [0.05, 0.1) is 12.0 Å². The second-order valence-corrected chi connectivity index (χ2v) is 7.25. The molecule has 2 N–H and O–H groups in total. The molecule has 5 rings (SSSR count). The van der Waals surface area contributed by atoms with Gasteiger partial charge in [-0.15, -0.1) is 16.4 Å². The Balaban J connectivity index is 1.88. The molecule has 7 heteroatoms. The number of rotatable bonds is 4. The monoisotopic (exact) mass is 388 g/mol. The number of hydrogen-bond acceptors (Lipinski definition) is 6. The van der Waals surface area contributed by atoms with E-state index >= 15 is 0 Å². The van der Waals surface area contributed by atoms with E-state index in [-0.39, 0.29) is 12.2 Å². The third kappa shape index (κ3) is 2.56. The molecule has 0 bridgehead atoms. The van der Waals surface area contributed by atoms with Crippen LogP contribution in [0.2, 0.25) is 0 Å². The fraction of sp³-hybridized carbons (Fsp3) is 0.0952. The number of anilines is 1. The molecule has 28 heavy (non-hydrogen) atoms. The van der Waals surface area contributed by atoms with Crippen LogP contribution in [0.25, 0.3) is 37.8 Å². The molecule has 138 valence electrons. The molecule has 0 radical (unpaired) electrons. The molecular formula is C21H16N4O2S. The lowest BCUT2D eigenvalue weighted by Gasteiger charge is -2.11. The van der Waals surface area contributed by atoms with Crippen LogP contribution >= 0.6 is 11.3 Å². The molecule has 0 amide bonds. The van der Waals surface area contributed by atoms with Crippen LogP contribution in [0.1, 0.15) is 0 Å². The van der Waals surface area contributed by atoms with Crippen molar-refractivity contribution in [3.05, 3.63) is 70.3 Å². The summed E-state index contributed by atoms with van der Waals surface area (Å²) in [6, 6.07) is 17.5. The molecule has 5 aromatic rings. The molecule has 3 heterocycles. The molecule has 3 aromatic heterocycles. The second-order valence-electron chi connectivity index (χ2n) is 6.39. The number of nitrogens with one attached hydrogen (secondary N) is 1. The van der Waals surface area contributed by atoms with Crippen molar-refractivity contribution in [2.45, 2.75) is 0 Å². The topological polar surface area (TPSA) is 79.5 Å². The molecule has 0 saturated heterocycles. The third-order valence-electron chi connectivity index (χ3n) is 4.70. The SMILES string of the molecule is O=c1c2c(-c3ccccc3)csc2nc2c3ccccc3c(NCCO)nn12. The number of aliphatic hydroxyl groups excluding tert-OH is 1. The Morgan fingerprint density at radius 2 is 1.79 bits per heavy atom. The molecule has 0 saturated carbocycles. The summed E-state index contributed by atoms with van der Waals surface area (Å²) in [5.41, 5.74) is 2.18. The molecule has 0 fully saturated rings. The lowest BCUT2D eigenvalue weighted by molar-refractivity contribution is 0.311. The van der Waals surface area contributed by atoms with Crippen molar-refractivity contribution in [3.8, 4) is 11.1 Å². The lowest BCUT2D eigenvalue weighted by Crippen LogP contribution is -2.20. The van der Waals surface area contributed by atoms with E-state index in [4.69, 9.17) is 4.98 Å². The van der Waals surface area contributed by atoms with Crippen LogP contribution in [0, 0.1) is 0 Å². The third-order valence-corrected chi connectivity index (χ3v) is 5.57. The quantitative estimate of drug-likeness (QED) is 0.461. The van der Waals surface area contributed by atoms with E-state index in [1.165, 1.54) is 15.9 Å². The van der Waals surface area contributed by atoms with Gasteiger partial charge in [-0.1, -0.05) is 54.6 Å². The van der Waals surface area contributed by atoms with Gasteiger partial charge in [-0.25, -0.2) is 4.98 Å². The summed E-state index contributed by atoms with van der Waals surface area (Å²) in [4.78, 5) is 18.9. The lowest BCUT2D eigenvalue weighted by atomic mass is 10.1. The molecule has 0 aliphatic rings. The van der Waals surface area contributed by atoms with Crippen LogP contribution in [0.4, 0.5) is 5.82 Å². The van der Waals surface area contributed by atoms with Crippen LogP contribution in [0.15, 0.2) is 64.8 Å². The van der Waals surface area contributed by atoms with E-state index in [0.29, 0.717) is 28.2 Å². The van der Waals surface area contributed by atoms with Crippen molar-refractivity contribution in [2.24, 2.45) is 0 Å². The zero-order chi connectivity index (χ0) is 19.1. The van der Waals surface area contributed by atoms with Gasteiger partial charge in [0, 0.05) is 28.3 Å². The second kappa shape index (κ2) is 6.70. The number of aliphatic hydroxyl groups is 1. The number of thiophene rings is 1. The predicted molar refractivity (Wildman–Crippen MR) is 113 cm³/mol. The van der Waals surface area contributed by atoms with Gasteiger partial charge in [0.15, 0.2) is 11.5 Å². The Hall–Kier alpha value is -3.29. The summed E-state index contributed by atoms with van der Waals surface area (Å²) in [5, 5.41) is 21.1. The first-order chi connectivity index (χ1) is 13.8. The minimum atomic E-state index is -0.196. The zero-order valence-electron chi connectivity index (χ0n) is 14.8. The normalized spacial score (nSPS) is 11.5. The summed E-state index contributed by atoms with van der Waals surface area (Å²) in [6.45, 7) is 0.323. The van der Waals surface area contributed by atoms with Crippen molar-refractivity contribution in [1.82, 2.24) is 14.6 Å². The number of hydrogen-bond donors (Lipinski definition) is 2. The van der Waals surface area contributed by atoms with Gasteiger partial charge in [-0.3, -0.25) is 4.79 Å². The zero-order valence-corrected chi connectivity index (χ0v) is 15.6. The number of benzene rings is 2. The van der Waals surface area contributed by atoms with Crippen molar-refractivity contribution >= 4 is 43.8 Å². The highest BCUT2D eigenvalue weighted by atomic mass is 32.1. The van der Waals surface area contributed by atoms with E-state index in [0.717, 1.165) is 21.9 Å². The van der Waals surface area contributed by atoms with Gasteiger partial charge in [0.25, 0.3) is 5.56 Å². The average Bonchev–Trinajstić information content (AvgIpc) is 3.17. The summed E-state index contributed by atoms with van der Waals surface area (Å²) < 4.78 is 1.36. The van der Waals surface area contributed by atoms with Gasteiger partial charge in [0.2, 0.25) is 0 Å². The fourth-order valence-corrected chi connectivity index (χ4v) is 4.36. The molecule has 0 atom stereocenters. The van der Waals surface area contributed by atoms with Crippen molar-refractivity contribution in [2.75, 3.05) is 18.5 Å². The standard InChI is InChI=1S/C21H16N4O2S/c26-11-10-22-18-14-8-4-5-9-15(14)19-23-20-17(21(27)25(19)24-18)16(12-28-20)13-6-2-1-3-7-13/h1-9,12,26H,10-11H2,(H,22,24). The van der Waals surface area contributed by atoms with Crippen molar-refractivity contribution in [3.63, 3.8) is 0 Å². The number of fused-ring (bicyclic) bond motifs is 4. The van der Waals surface area contributed by atoms with Crippen LogP contribution < -0.4 is 10.9 Å². The number of nitrogens with zero attached hydrogens (tertiary/aromatic N) is 3. The van der Waals surface area contributed by atoms with Crippen LogP contribution in [-0.2, 0) is 0 Å². The van der Waals surface area contributed by atoms with E-state index in [2.05, 4.69) is 10.4 Å².